The summed E-state index contributed by atoms with van der Waals surface area (Å²) in [5, 5.41) is 0. The lowest BCUT2D eigenvalue weighted by molar-refractivity contribution is 0.123. The Morgan fingerprint density at radius 2 is 2.18 bits per heavy atom. The van der Waals surface area contributed by atoms with Gasteiger partial charge in [-0.05, 0) is 18.8 Å². The highest BCUT2D eigenvalue weighted by molar-refractivity contribution is 7.86. The topological polar surface area (TPSA) is 40.6 Å². The molecule has 0 bridgehead atoms. The van der Waals surface area contributed by atoms with Crippen LogP contribution in [0.25, 0.3) is 0 Å². The Balaban J connectivity index is 2.69. The van der Waals surface area contributed by atoms with E-state index in [1.165, 1.54) is 11.4 Å². The van der Waals surface area contributed by atoms with Crippen molar-refractivity contribution >= 4 is 21.8 Å². The van der Waals surface area contributed by atoms with E-state index >= 15 is 0 Å². The molecule has 1 atom stereocenters. The number of nitrogens with zero attached hydrogens (tertiary/aromatic N) is 2. The van der Waals surface area contributed by atoms with Gasteiger partial charge in [0.1, 0.15) is 0 Å². The van der Waals surface area contributed by atoms with E-state index in [-0.39, 0.29) is 5.92 Å². The number of piperidine rings is 1. The molecule has 0 aliphatic carbocycles. The SMILES string of the molecule is CN(CC(F)F)S(=O)(=O)N1CCCC(CCl)C1. The van der Waals surface area contributed by atoms with Gasteiger partial charge in [-0.15, -0.1) is 11.6 Å². The molecule has 0 radical (unpaired) electrons. The highest BCUT2D eigenvalue weighted by Gasteiger charge is 2.32. The van der Waals surface area contributed by atoms with Crippen molar-refractivity contribution in [2.24, 2.45) is 5.92 Å². The van der Waals surface area contributed by atoms with Crippen LogP contribution in [0.1, 0.15) is 12.8 Å². The summed E-state index contributed by atoms with van der Waals surface area (Å²) in [6.07, 6.45) is -1.06. The second kappa shape index (κ2) is 6.26. The maximum atomic E-state index is 12.2. The van der Waals surface area contributed by atoms with Crippen LogP contribution in [-0.2, 0) is 10.2 Å². The maximum Gasteiger partial charge on any atom is 0.281 e. The van der Waals surface area contributed by atoms with E-state index in [1.807, 2.05) is 0 Å². The van der Waals surface area contributed by atoms with Gasteiger partial charge in [-0.25, -0.2) is 8.78 Å². The van der Waals surface area contributed by atoms with Crippen LogP contribution in [0, 0.1) is 5.92 Å². The Kier molecular flexibility index (Phi) is 5.56. The van der Waals surface area contributed by atoms with Crippen molar-refractivity contribution in [1.82, 2.24) is 8.61 Å². The van der Waals surface area contributed by atoms with Crippen molar-refractivity contribution in [3.05, 3.63) is 0 Å². The van der Waals surface area contributed by atoms with Crippen LogP contribution in [0.15, 0.2) is 0 Å². The summed E-state index contributed by atoms with van der Waals surface area (Å²) >= 11 is 5.70. The summed E-state index contributed by atoms with van der Waals surface area (Å²) in [6, 6.07) is 0. The number of rotatable bonds is 5. The van der Waals surface area contributed by atoms with Crippen molar-refractivity contribution in [1.29, 1.82) is 0 Å². The van der Waals surface area contributed by atoms with Gasteiger partial charge in [0.25, 0.3) is 16.6 Å². The quantitative estimate of drug-likeness (QED) is 0.718. The molecule has 4 nitrogen and oxygen atoms in total. The zero-order valence-electron chi connectivity index (χ0n) is 9.65. The van der Waals surface area contributed by atoms with Gasteiger partial charge in [0.15, 0.2) is 0 Å². The molecule has 102 valence electrons. The Morgan fingerprint density at radius 3 is 2.71 bits per heavy atom. The standard InChI is InChI=1S/C9H17ClF2N2O2S/c1-13(7-9(11)12)17(15,16)14-4-2-3-8(5-10)6-14/h8-9H,2-7H2,1H3. The minimum Gasteiger partial charge on any atom is -0.209 e. The molecule has 0 aromatic carbocycles. The normalized spacial score (nSPS) is 23.5. The number of hydrogen-bond donors (Lipinski definition) is 0. The molecule has 1 fully saturated rings. The minimum atomic E-state index is -3.77. The average molecular weight is 291 g/mol. The van der Waals surface area contributed by atoms with Crippen molar-refractivity contribution in [3.63, 3.8) is 0 Å². The summed E-state index contributed by atoms with van der Waals surface area (Å²) in [6.45, 7) is -0.0763. The van der Waals surface area contributed by atoms with Crippen molar-refractivity contribution in [2.75, 3.05) is 32.6 Å². The first-order valence-electron chi connectivity index (χ1n) is 5.43. The Hall–Kier alpha value is 0.0200. The molecule has 1 unspecified atom stereocenters. The predicted octanol–water partition coefficient (Wildman–Crippen LogP) is 1.38. The molecule has 17 heavy (non-hydrogen) atoms. The summed E-state index contributed by atoms with van der Waals surface area (Å²) in [4.78, 5) is 0. The van der Waals surface area contributed by atoms with Gasteiger partial charge >= 0.3 is 0 Å². The minimum absolute atomic E-state index is 0.111. The van der Waals surface area contributed by atoms with Crippen LogP contribution < -0.4 is 0 Å². The largest absolute Gasteiger partial charge is 0.281 e. The molecule has 8 heteroatoms. The van der Waals surface area contributed by atoms with E-state index in [4.69, 9.17) is 11.6 Å². The monoisotopic (exact) mass is 290 g/mol. The van der Waals surface area contributed by atoms with Crippen LogP contribution >= 0.6 is 11.6 Å². The van der Waals surface area contributed by atoms with Crippen LogP contribution in [0.4, 0.5) is 8.78 Å². The van der Waals surface area contributed by atoms with Gasteiger partial charge in [-0.1, -0.05) is 0 Å². The summed E-state index contributed by atoms with van der Waals surface area (Å²) in [5.41, 5.74) is 0. The second-order valence-electron chi connectivity index (χ2n) is 4.20. The zero-order chi connectivity index (χ0) is 13.1. The van der Waals surface area contributed by atoms with Gasteiger partial charge in [0.05, 0.1) is 6.54 Å². The molecule has 1 aliphatic rings. The number of alkyl halides is 3. The van der Waals surface area contributed by atoms with Gasteiger partial charge in [0.2, 0.25) is 0 Å². The molecule has 1 aliphatic heterocycles. The van der Waals surface area contributed by atoms with E-state index in [9.17, 15) is 17.2 Å². The lowest BCUT2D eigenvalue weighted by Gasteiger charge is -2.33. The maximum absolute atomic E-state index is 12.2. The predicted molar refractivity (Wildman–Crippen MR) is 62.6 cm³/mol. The molecule has 0 aromatic rings. The number of hydrogen-bond acceptors (Lipinski definition) is 2. The molecule has 0 spiro atoms. The third-order valence-corrected chi connectivity index (χ3v) is 5.17. The molecular weight excluding hydrogens is 274 g/mol. The van der Waals surface area contributed by atoms with Gasteiger partial charge in [-0.2, -0.15) is 17.0 Å². The van der Waals surface area contributed by atoms with E-state index in [2.05, 4.69) is 0 Å². The molecule has 0 saturated carbocycles. The summed E-state index contributed by atoms with van der Waals surface area (Å²) in [7, 11) is -2.60. The van der Waals surface area contributed by atoms with Crippen LogP contribution in [0.5, 0.6) is 0 Å². The first-order chi connectivity index (χ1) is 7.87. The van der Waals surface area contributed by atoms with Gasteiger partial charge in [-0.3, -0.25) is 0 Å². The highest BCUT2D eigenvalue weighted by atomic mass is 35.5. The Labute approximate surface area is 106 Å². The first-order valence-corrected chi connectivity index (χ1v) is 7.36. The van der Waals surface area contributed by atoms with Gasteiger partial charge in [0, 0.05) is 26.0 Å². The average Bonchev–Trinajstić information content (AvgIpc) is 2.28. The van der Waals surface area contributed by atoms with E-state index in [1.54, 1.807) is 0 Å². The third kappa shape index (κ3) is 4.01. The lowest BCUT2D eigenvalue weighted by atomic mass is 10.0. The molecule has 1 rings (SSSR count). The van der Waals surface area contributed by atoms with Crippen LogP contribution in [0.3, 0.4) is 0 Å². The van der Waals surface area contributed by atoms with Crippen molar-refractivity contribution in [3.8, 4) is 0 Å². The fraction of sp³-hybridized carbons (Fsp3) is 1.00. The van der Waals surface area contributed by atoms with Crippen LogP contribution in [-0.4, -0.2) is 56.0 Å². The van der Waals surface area contributed by atoms with E-state index < -0.39 is 23.2 Å². The fourth-order valence-electron chi connectivity index (χ4n) is 1.85. The fourth-order valence-corrected chi connectivity index (χ4v) is 3.55. The Morgan fingerprint density at radius 1 is 1.53 bits per heavy atom. The molecule has 1 saturated heterocycles. The lowest BCUT2D eigenvalue weighted by Crippen LogP contribution is -2.48. The van der Waals surface area contributed by atoms with Gasteiger partial charge < -0.3 is 0 Å². The number of halogens is 3. The molecule has 0 N–H and O–H groups in total. The first kappa shape index (κ1) is 15.1. The Bertz CT molecular complexity index is 340. The second-order valence-corrected chi connectivity index (χ2v) is 6.54. The zero-order valence-corrected chi connectivity index (χ0v) is 11.2. The highest BCUT2D eigenvalue weighted by Crippen LogP contribution is 2.21. The third-order valence-electron chi connectivity index (χ3n) is 2.82. The van der Waals surface area contributed by atoms with Crippen LogP contribution in [0.2, 0.25) is 0 Å². The molecule has 1 heterocycles. The van der Waals surface area contributed by atoms with E-state index in [0.29, 0.717) is 23.3 Å². The van der Waals surface area contributed by atoms with Crippen molar-refractivity contribution in [2.45, 2.75) is 19.3 Å². The summed E-state index contributed by atoms with van der Waals surface area (Å²) in [5.74, 6) is 0.505. The molecule has 0 amide bonds. The van der Waals surface area contributed by atoms with E-state index in [0.717, 1.165) is 12.8 Å². The summed E-state index contributed by atoms with van der Waals surface area (Å²) < 4.78 is 50.2. The molecule has 0 aromatic heterocycles. The van der Waals surface area contributed by atoms with Crippen molar-refractivity contribution < 1.29 is 17.2 Å². The smallest absolute Gasteiger partial charge is 0.209 e. The molecular formula is C9H17ClF2N2O2S.